The number of halogens is 1. The molecule has 3 N–H and O–H groups in total. The zero-order valence-corrected chi connectivity index (χ0v) is 12.7. The Hall–Kier alpha value is -1.82. The molecule has 0 aromatic heterocycles. The SMILES string of the molecule is CCNC(=NCc1ccc(O)c(F)c1)NC1CC2CCC1O2. The molecule has 2 fully saturated rings. The summed E-state index contributed by atoms with van der Waals surface area (Å²) in [7, 11) is 0. The number of hydrogen-bond acceptors (Lipinski definition) is 3. The number of benzene rings is 1. The van der Waals surface area contributed by atoms with Crippen LogP contribution in [0.15, 0.2) is 23.2 Å². The smallest absolute Gasteiger partial charge is 0.191 e. The normalized spacial score (nSPS) is 27.2. The third-order valence-corrected chi connectivity index (χ3v) is 4.20. The molecule has 2 bridgehead atoms. The van der Waals surface area contributed by atoms with Crippen LogP contribution in [0.25, 0.3) is 0 Å². The standard InChI is InChI=1S/C16H22FN3O2/c1-2-18-16(20-13-8-11-4-6-15(13)22-11)19-9-10-3-5-14(21)12(17)7-10/h3,5,7,11,13,15,21H,2,4,6,8-9H2,1H3,(H2,18,19,20). The molecule has 3 atom stereocenters. The van der Waals surface area contributed by atoms with Crippen molar-refractivity contribution in [3.63, 3.8) is 0 Å². The molecule has 2 aliphatic heterocycles. The van der Waals surface area contributed by atoms with Gasteiger partial charge in [-0.05, 0) is 43.9 Å². The molecule has 1 aromatic rings. The summed E-state index contributed by atoms with van der Waals surface area (Å²) in [4.78, 5) is 4.49. The van der Waals surface area contributed by atoms with E-state index >= 15 is 0 Å². The van der Waals surface area contributed by atoms with Crippen molar-refractivity contribution >= 4 is 5.96 Å². The quantitative estimate of drug-likeness (QED) is 0.587. The Morgan fingerprint density at radius 2 is 2.32 bits per heavy atom. The maximum Gasteiger partial charge on any atom is 0.191 e. The van der Waals surface area contributed by atoms with E-state index in [9.17, 15) is 9.50 Å². The largest absolute Gasteiger partial charge is 0.505 e. The zero-order valence-electron chi connectivity index (χ0n) is 12.7. The van der Waals surface area contributed by atoms with Crippen LogP contribution in [-0.4, -0.2) is 35.9 Å². The summed E-state index contributed by atoms with van der Waals surface area (Å²) in [5.74, 6) is -0.235. The lowest BCUT2D eigenvalue weighted by atomic mass is 9.96. The molecule has 5 nitrogen and oxygen atoms in total. The highest BCUT2D eigenvalue weighted by atomic mass is 19.1. The van der Waals surface area contributed by atoms with Crippen molar-refractivity contribution in [1.29, 1.82) is 0 Å². The summed E-state index contributed by atoms with van der Waals surface area (Å²) >= 11 is 0. The summed E-state index contributed by atoms with van der Waals surface area (Å²) in [5.41, 5.74) is 0.719. The number of ether oxygens (including phenoxy) is 1. The molecule has 22 heavy (non-hydrogen) atoms. The topological polar surface area (TPSA) is 65.9 Å². The Morgan fingerprint density at radius 1 is 1.45 bits per heavy atom. The van der Waals surface area contributed by atoms with Gasteiger partial charge in [0, 0.05) is 6.54 Å². The monoisotopic (exact) mass is 307 g/mol. The summed E-state index contributed by atoms with van der Waals surface area (Å²) < 4.78 is 19.2. The molecule has 0 aliphatic carbocycles. The van der Waals surface area contributed by atoms with Gasteiger partial charge in [0.1, 0.15) is 0 Å². The van der Waals surface area contributed by atoms with Crippen molar-refractivity contribution in [3.8, 4) is 5.75 Å². The van der Waals surface area contributed by atoms with Crippen molar-refractivity contribution in [1.82, 2.24) is 10.6 Å². The number of aliphatic imine (C=N–C) groups is 1. The van der Waals surface area contributed by atoms with Crippen molar-refractivity contribution < 1.29 is 14.2 Å². The molecule has 0 amide bonds. The summed E-state index contributed by atoms with van der Waals surface area (Å²) in [6, 6.07) is 4.63. The Kier molecular flexibility index (Phi) is 4.47. The molecule has 120 valence electrons. The second kappa shape index (κ2) is 6.52. The van der Waals surface area contributed by atoms with Gasteiger partial charge in [0.15, 0.2) is 17.5 Å². The molecular formula is C16H22FN3O2. The van der Waals surface area contributed by atoms with Crippen LogP contribution in [0.4, 0.5) is 4.39 Å². The molecule has 2 heterocycles. The predicted molar refractivity (Wildman–Crippen MR) is 82.3 cm³/mol. The molecular weight excluding hydrogens is 285 g/mol. The number of rotatable bonds is 4. The molecule has 2 aliphatic rings. The van der Waals surface area contributed by atoms with Gasteiger partial charge in [-0.25, -0.2) is 9.38 Å². The fraction of sp³-hybridized carbons (Fsp3) is 0.562. The third-order valence-electron chi connectivity index (χ3n) is 4.20. The van der Waals surface area contributed by atoms with Crippen LogP contribution < -0.4 is 10.6 Å². The average molecular weight is 307 g/mol. The second-order valence-corrected chi connectivity index (χ2v) is 5.84. The van der Waals surface area contributed by atoms with Crippen LogP contribution in [0, 0.1) is 5.82 Å². The highest BCUT2D eigenvalue weighted by Crippen LogP contribution is 2.34. The first-order valence-corrected chi connectivity index (χ1v) is 7.83. The van der Waals surface area contributed by atoms with E-state index in [0.717, 1.165) is 37.3 Å². The van der Waals surface area contributed by atoms with E-state index in [-0.39, 0.29) is 11.9 Å². The Labute approximate surface area is 129 Å². The van der Waals surface area contributed by atoms with Crippen LogP contribution in [-0.2, 0) is 11.3 Å². The van der Waals surface area contributed by atoms with E-state index in [1.165, 1.54) is 12.1 Å². The van der Waals surface area contributed by atoms with Crippen molar-refractivity contribution in [3.05, 3.63) is 29.6 Å². The predicted octanol–water partition coefficient (Wildman–Crippen LogP) is 1.91. The van der Waals surface area contributed by atoms with Gasteiger partial charge in [-0.15, -0.1) is 0 Å². The Balaban J connectivity index is 1.63. The van der Waals surface area contributed by atoms with Crippen LogP contribution in [0.2, 0.25) is 0 Å². The van der Waals surface area contributed by atoms with E-state index in [4.69, 9.17) is 4.74 Å². The van der Waals surface area contributed by atoms with E-state index in [2.05, 4.69) is 15.6 Å². The molecule has 6 heteroatoms. The number of aromatic hydroxyl groups is 1. The van der Waals surface area contributed by atoms with Gasteiger partial charge in [-0.3, -0.25) is 0 Å². The first-order valence-electron chi connectivity index (χ1n) is 7.83. The minimum absolute atomic E-state index is 0.278. The molecule has 2 saturated heterocycles. The number of phenols is 1. The van der Waals surface area contributed by atoms with Gasteiger partial charge in [0.05, 0.1) is 24.8 Å². The Morgan fingerprint density at radius 3 is 2.95 bits per heavy atom. The highest BCUT2D eigenvalue weighted by Gasteiger charge is 2.41. The van der Waals surface area contributed by atoms with Crippen LogP contribution in [0.5, 0.6) is 5.75 Å². The van der Waals surface area contributed by atoms with Crippen LogP contribution >= 0.6 is 0 Å². The van der Waals surface area contributed by atoms with Gasteiger partial charge in [0.2, 0.25) is 0 Å². The first kappa shape index (κ1) is 15.1. The first-order chi connectivity index (χ1) is 10.7. The Bertz CT molecular complexity index is 564. The lowest BCUT2D eigenvalue weighted by Gasteiger charge is -2.22. The summed E-state index contributed by atoms with van der Waals surface area (Å²) in [5, 5.41) is 15.8. The molecule has 0 saturated carbocycles. The third kappa shape index (κ3) is 3.32. The van der Waals surface area contributed by atoms with Gasteiger partial charge in [-0.2, -0.15) is 0 Å². The van der Waals surface area contributed by atoms with Gasteiger partial charge >= 0.3 is 0 Å². The number of fused-ring (bicyclic) bond motifs is 2. The number of guanidine groups is 1. The summed E-state index contributed by atoms with van der Waals surface area (Å²) in [6.45, 7) is 3.13. The fourth-order valence-electron chi connectivity index (χ4n) is 3.10. The summed E-state index contributed by atoms with van der Waals surface area (Å²) in [6.07, 6.45) is 3.94. The molecule has 1 aromatic carbocycles. The van der Waals surface area contributed by atoms with Gasteiger partial charge < -0.3 is 20.5 Å². The lowest BCUT2D eigenvalue weighted by Crippen LogP contribution is -2.47. The average Bonchev–Trinajstić information content (AvgIpc) is 3.11. The van der Waals surface area contributed by atoms with Gasteiger partial charge in [-0.1, -0.05) is 6.07 Å². The van der Waals surface area contributed by atoms with Crippen molar-refractivity contribution in [2.24, 2.45) is 4.99 Å². The number of hydrogen-bond donors (Lipinski definition) is 3. The van der Waals surface area contributed by atoms with Crippen molar-refractivity contribution in [2.75, 3.05) is 6.54 Å². The van der Waals surface area contributed by atoms with Crippen LogP contribution in [0.1, 0.15) is 31.7 Å². The zero-order chi connectivity index (χ0) is 15.5. The second-order valence-electron chi connectivity index (χ2n) is 5.84. The lowest BCUT2D eigenvalue weighted by molar-refractivity contribution is 0.0992. The van der Waals surface area contributed by atoms with E-state index in [0.29, 0.717) is 18.7 Å². The molecule has 0 spiro atoms. The maximum atomic E-state index is 13.3. The van der Waals surface area contributed by atoms with Crippen molar-refractivity contribution in [2.45, 2.75) is 51.0 Å². The molecule has 0 radical (unpaired) electrons. The minimum Gasteiger partial charge on any atom is -0.505 e. The van der Waals surface area contributed by atoms with E-state index in [1.54, 1.807) is 6.07 Å². The van der Waals surface area contributed by atoms with E-state index in [1.807, 2.05) is 6.92 Å². The van der Waals surface area contributed by atoms with Gasteiger partial charge in [0.25, 0.3) is 0 Å². The number of nitrogens with one attached hydrogen (secondary N) is 2. The number of phenolic OH excluding ortho intramolecular Hbond substituents is 1. The molecule has 3 unspecified atom stereocenters. The van der Waals surface area contributed by atoms with E-state index < -0.39 is 5.82 Å². The fourth-order valence-corrected chi connectivity index (χ4v) is 3.10. The molecule has 3 rings (SSSR count). The highest BCUT2D eigenvalue weighted by molar-refractivity contribution is 5.80. The van der Waals surface area contributed by atoms with Crippen LogP contribution in [0.3, 0.4) is 0 Å². The minimum atomic E-state index is -0.618. The number of nitrogens with zero attached hydrogens (tertiary/aromatic N) is 1. The maximum absolute atomic E-state index is 13.3.